The SMILES string of the molecule is CS(=O)(=O)N(CC(=O)NN=C1CCCCC1)c1ccc(Cl)c(Cl)c1. The van der Waals surface area contributed by atoms with Gasteiger partial charge in [-0.3, -0.25) is 9.10 Å². The molecule has 1 aliphatic rings. The van der Waals surface area contributed by atoms with Crippen molar-refractivity contribution in [1.29, 1.82) is 0 Å². The molecule has 0 bridgehead atoms. The molecular weight excluding hydrogens is 373 g/mol. The molecule has 0 saturated heterocycles. The minimum atomic E-state index is -3.66. The van der Waals surface area contributed by atoms with Gasteiger partial charge in [0.15, 0.2) is 0 Å². The van der Waals surface area contributed by atoms with Gasteiger partial charge >= 0.3 is 0 Å². The Morgan fingerprint density at radius 1 is 1.21 bits per heavy atom. The number of benzene rings is 1. The van der Waals surface area contributed by atoms with Crippen LogP contribution in [0.25, 0.3) is 0 Å². The maximum atomic E-state index is 12.1. The van der Waals surface area contributed by atoms with Crippen molar-refractivity contribution in [3.63, 3.8) is 0 Å². The van der Waals surface area contributed by atoms with Crippen molar-refractivity contribution in [1.82, 2.24) is 5.43 Å². The zero-order valence-electron chi connectivity index (χ0n) is 13.3. The van der Waals surface area contributed by atoms with Crippen LogP contribution in [-0.4, -0.2) is 32.8 Å². The number of hydrazone groups is 1. The Morgan fingerprint density at radius 3 is 2.46 bits per heavy atom. The van der Waals surface area contributed by atoms with Crippen LogP contribution in [0.1, 0.15) is 32.1 Å². The van der Waals surface area contributed by atoms with E-state index in [1.165, 1.54) is 24.6 Å². The van der Waals surface area contributed by atoms with Crippen LogP contribution in [0.2, 0.25) is 10.0 Å². The molecule has 2 rings (SSSR count). The Labute approximate surface area is 151 Å². The number of anilines is 1. The first kappa shape index (κ1) is 19.0. The molecule has 132 valence electrons. The molecule has 0 unspecified atom stereocenters. The number of nitrogens with zero attached hydrogens (tertiary/aromatic N) is 2. The zero-order chi connectivity index (χ0) is 17.7. The molecule has 0 aromatic heterocycles. The second-order valence-corrected chi connectivity index (χ2v) is 8.36. The van der Waals surface area contributed by atoms with Gasteiger partial charge in [0.1, 0.15) is 6.54 Å². The van der Waals surface area contributed by atoms with Gasteiger partial charge in [0.2, 0.25) is 10.0 Å². The van der Waals surface area contributed by atoms with Crippen LogP contribution in [0.3, 0.4) is 0 Å². The highest BCUT2D eigenvalue weighted by molar-refractivity contribution is 7.92. The molecule has 1 aromatic rings. The number of nitrogens with one attached hydrogen (secondary N) is 1. The summed E-state index contributed by atoms with van der Waals surface area (Å²) in [6.45, 7) is -0.381. The summed E-state index contributed by atoms with van der Waals surface area (Å²) in [6.07, 6.45) is 6.05. The zero-order valence-corrected chi connectivity index (χ0v) is 15.6. The Kier molecular flexibility index (Phi) is 6.48. The van der Waals surface area contributed by atoms with Crippen molar-refractivity contribution >= 4 is 50.5 Å². The third-order valence-electron chi connectivity index (χ3n) is 3.65. The summed E-state index contributed by atoms with van der Waals surface area (Å²) in [7, 11) is -3.66. The predicted octanol–water partition coefficient (Wildman–Crippen LogP) is 3.20. The van der Waals surface area contributed by atoms with Gasteiger partial charge in [0, 0.05) is 5.71 Å². The third-order valence-corrected chi connectivity index (χ3v) is 5.53. The average Bonchev–Trinajstić information content (AvgIpc) is 2.53. The molecule has 1 fully saturated rings. The van der Waals surface area contributed by atoms with Crippen molar-refractivity contribution in [3.8, 4) is 0 Å². The van der Waals surface area contributed by atoms with E-state index in [4.69, 9.17) is 23.2 Å². The van der Waals surface area contributed by atoms with Gasteiger partial charge in [0.25, 0.3) is 5.91 Å². The summed E-state index contributed by atoms with van der Waals surface area (Å²) in [4.78, 5) is 12.1. The normalized spacial score (nSPS) is 15.0. The van der Waals surface area contributed by atoms with E-state index in [0.29, 0.717) is 5.02 Å². The van der Waals surface area contributed by atoms with E-state index in [0.717, 1.165) is 42.0 Å². The second kappa shape index (κ2) is 8.18. The molecule has 6 nitrogen and oxygen atoms in total. The third kappa shape index (κ3) is 5.36. The lowest BCUT2D eigenvalue weighted by Gasteiger charge is -2.22. The lowest BCUT2D eigenvalue weighted by molar-refractivity contribution is -0.119. The molecule has 1 saturated carbocycles. The summed E-state index contributed by atoms with van der Waals surface area (Å²) in [5.74, 6) is -0.510. The fraction of sp³-hybridized carbons (Fsp3) is 0.467. The summed E-state index contributed by atoms with van der Waals surface area (Å²) < 4.78 is 25.0. The van der Waals surface area contributed by atoms with Crippen LogP contribution < -0.4 is 9.73 Å². The van der Waals surface area contributed by atoms with Crippen molar-refractivity contribution < 1.29 is 13.2 Å². The number of carbonyl (C=O) groups excluding carboxylic acids is 1. The lowest BCUT2D eigenvalue weighted by atomic mass is 9.99. The Morgan fingerprint density at radius 2 is 1.88 bits per heavy atom. The van der Waals surface area contributed by atoms with Crippen LogP contribution in [0.4, 0.5) is 5.69 Å². The number of halogens is 2. The number of carbonyl (C=O) groups is 1. The molecule has 0 heterocycles. The van der Waals surface area contributed by atoms with Gasteiger partial charge in [-0.1, -0.05) is 29.6 Å². The minimum absolute atomic E-state index is 0.214. The van der Waals surface area contributed by atoms with Crippen molar-refractivity contribution in [2.75, 3.05) is 17.1 Å². The van der Waals surface area contributed by atoms with Crippen LogP contribution in [0.15, 0.2) is 23.3 Å². The Balaban J connectivity index is 2.11. The molecule has 24 heavy (non-hydrogen) atoms. The van der Waals surface area contributed by atoms with Gasteiger partial charge in [0.05, 0.1) is 22.0 Å². The number of hydrogen-bond donors (Lipinski definition) is 1. The van der Waals surface area contributed by atoms with Crippen molar-refractivity contribution in [2.24, 2.45) is 5.10 Å². The van der Waals surface area contributed by atoms with Crippen LogP contribution >= 0.6 is 23.2 Å². The highest BCUT2D eigenvalue weighted by Crippen LogP contribution is 2.28. The molecular formula is C15H19Cl2N3O3S. The van der Waals surface area contributed by atoms with Crippen LogP contribution in [-0.2, 0) is 14.8 Å². The van der Waals surface area contributed by atoms with Crippen LogP contribution in [0, 0.1) is 0 Å². The second-order valence-electron chi connectivity index (χ2n) is 5.64. The molecule has 0 atom stereocenters. The van der Waals surface area contributed by atoms with Crippen molar-refractivity contribution in [2.45, 2.75) is 32.1 Å². The molecule has 0 spiro atoms. The predicted molar refractivity (Wildman–Crippen MR) is 97.3 cm³/mol. The van der Waals surface area contributed by atoms with Crippen LogP contribution in [0.5, 0.6) is 0 Å². The number of hydrogen-bond acceptors (Lipinski definition) is 4. The topological polar surface area (TPSA) is 78.8 Å². The summed E-state index contributed by atoms with van der Waals surface area (Å²) in [6, 6.07) is 4.39. The number of rotatable bonds is 5. The molecule has 0 radical (unpaired) electrons. The average molecular weight is 392 g/mol. The van der Waals surface area contributed by atoms with E-state index in [2.05, 4.69) is 10.5 Å². The standard InChI is InChI=1S/C15H19Cl2N3O3S/c1-24(22,23)20(12-7-8-13(16)14(17)9-12)10-15(21)19-18-11-5-3-2-4-6-11/h7-9H,2-6,10H2,1H3,(H,19,21). The highest BCUT2D eigenvalue weighted by atomic mass is 35.5. The number of sulfonamides is 1. The van der Waals surface area contributed by atoms with E-state index in [9.17, 15) is 13.2 Å². The van der Waals surface area contributed by atoms with E-state index in [-0.39, 0.29) is 17.3 Å². The lowest BCUT2D eigenvalue weighted by Crippen LogP contribution is -2.39. The molecule has 1 N–H and O–H groups in total. The van der Waals surface area contributed by atoms with E-state index in [1.807, 2.05) is 0 Å². The van der Waals surface area contributed by atoms with Gasteiger partial charge in [-0.15, -0.1) is 0 Å². The monoisotopic (exact) mass is 391 g/mol. The van der Waals surface area contributed by atoms with Gasteiger partial charge < -0.3 is 0 Å². The molecule has 1 aliphatic carbocycles. The fourth-order valence-electron chi connectivity index (χ4n) is 2.42. The van der Waals surface area contributed by atoms with E-state index >= 15 is 0 Å². The van der Waals surface area contributed by atoms with E-state index in [1.54, 1.807) is 0 Å². The van der Waals surface area contributed by atoms with Gasteiger partial charge in [-0.05, 0) is 43.9 Å². The summed E-state index contributed by atoms with van der Waals surface area (Å²) >= 11 is 11.8. The minimum Gasteiger partial charge on any atom is -0.271 e. The Bertz CT molecular complexity index is 742. The molecule has 1 amide bonds. The summed E-state index contributed by atoms with van der Waals surface area (Å²) in [5.41, 5.74) is 3.65. The quantitative estimate of drug-likeness (QED) is 0.782. The number of amides is 1. The van der Waals surface area contributed by atoms with Gasteiger partial charge in [-0.2, -0.15) is 5.10 Å². The molecule has 9 heteroatoms. The van der Waals surface area contributed by atoms with Crippen molar-refractivity contribution in [3.05, 3.63) is 28.2 Å². The largest absolute Gasteiger partial charge is 0.271 e. The summed E-state index contributed by atoms with van der Waals surface area (Å²) in [5, 5.41) is 4.61. The maximum absolute atomic E-state index is 12.1. The first-order chi connectivity index (χ1) is 11.3. The first-order valence-electron chi connectivity index (χ1n) is 7.54. The smallest absolute Gasteiger partial charge is 0.260 e. The molecule has 0 aliphatic heterocycles. The Hall–Kier alpha value is -1.31. The highest BCUT2D eigenvalue weighted by Gasteiger charge is 2.21. The van der Waals surface area contributed by atoms with Gasteiger partial charge in [-0.25, -0.2) is 13.8 Å². The first-order valence-corrected chi connectivity index (χ1v) is 10.1. The van der Waals surface area contributed by atoms with E-state index < -0.39 is 15.9 Å². The molecule has 1 aromatic carbocycles. The fourth-order valence-corrected chi connectivity index (χ4v) is 3.56. The maximum Gasteiger partial charge on any atom is 0.260 e.